The number of pyridine rings is 1. The van der Waals surface area contributed by atoms with Gasteiger partial charge in [-0.05, 0) is 49.9 Å². The summed E-state index contributed by atoms with van der Waals surface area (Å²) in [7, 11) is 0. The molecule has 2 aromatic rings. The molecule has 0 saturated carbocycles. The number of nitrogens with zero attached hydrogens (tertiary/aromatic N) is 1. The van der Waals surface area contributed by atoms with Crippen molar-refractivity contribution in [3.05, 3.63) is 53.5 Å². The van der Waals surface area contributed by atoms with Crippen LogP contribution < -0.4 is 10.1 Å². The lowest BCUT2D eigenvalue weighted by Crippen LogP contribution is -2.45. The van der Waals surface area contributed by atoms with E-state index in [0.717, 1.165) is 12.0 Å². The van der Waals surface area contributed by atoms with E-state index in [2.05, 4.69) is 10.3 Å². The lowest BCUT2D eigenvalue weighted by molar-refractivity contribution is -0.125. The highest BCUT2D eigenvalue weighted by Gasteiger charge is 2.41. The molecule has 0 radical (unpaired) electrons. The standard InChI is InChI=1S/C21H25FN2O3/c1-3-12-27-19-9-8-18(15(2)23-19)24-20(25)21(10-13-26-14-11-21)16-4-6-17(22)7-5-16/h4-9H,3,10-14H2,1-2H3,(H,24,25). The van der Waals surface area contributed by atoms with Crippen LogP contribution in [0.1, 0.15) is 37.4 Å². The molecule has 27 heavy (non-hydrogen) atoms. The number of carbonyl (C=O) groups excluding carboxylic acids is 1. The van der Waals surface area contributed by atoms with E-state index in [1.807, 2.05) is 19.9 Å². The number of ether oxygens (including phenoxy) is 2. The van der Waals surface area contributed by atoms with Crippen LogP contribution in [0.3, 0.4) is 0 Å². The normalized spacial score (nSPS) is 16.0. The second-order valence-corrected chi connectivity index (χ2v) is 6.79. The highest BCUT2D eigenvalue weighted by Crippen LogP contribution is 2.36. The van der Waals surface area contributed by atoms with E-state index in [4.69, 9.17) is 9.47 Å². The Labute approximate surface area is 158 Å². The number of amides is 1. The predicted molar refractivity (Wildman–Crippen MR) is 102 cm³/mol. The van der Waals surface area contributed by atoms with Crippen LogP contribution in [0.25, 0.3) is 0 Å². The van der Waals surface area contributed by atoms with E-state index >= 15 is 0 Å². The van der Waals surface area contributed by atoms with Gasteiger partial charge < -0.3 is 14.8 Å². The van der Waals surface area contributed by atoms with Gasteiger partial charge in [-0.3, -0.25) is 4.79 Å². The Morgan fingerprint density at radius 2 is 1.93 bits per heavy atom. The maximum Gasteiger partial charge on any atom is 0.235 e. The second-order valence-electron chi connectivity index (χ2n) is 6.79. The van der Waals surface area contributed by atoms with Crippen LogP contribution in [-0.4, -0.2) is 30.7 Å². The van der Waals surface area contributed by atoms with Crippen molar-refractivity contribution >= 4 is 11.6 Å². The van der Waals surface area contributed by atoms with Gasteiger partial charge >= 0.3 is 0 Å². The van der Waals surface area contributed by atoms with Crippen LogP contribution in [0.15, 0.2) is 36.4 Å². The molecule has 0 bridgehead atoms. The third-order valence-corrected chi connectivity index (χ3v) is 4.94. The largest absolute Gasteiger partial charge is 0.478 e. The molecule has 1 N–H and O–H groups in total. The van der Waals surface area contributed by atoms with Gasteiger partial charge in [-0.25, -0.2) is 9.37 Å². The summed E-state index contributed by atoms with van der Waals surface area (Å²) in [6.45, 7) is 5.46. The molecular weight excluding hydrogens is 347 g/mol. The van der Waals surface area contributed by atoms with Crippen LogP contribution in [0.4, 0.5) is 10.1 Å². The van der Waals surface area contributed by atoms with Gasteiger partial charge in [0.25, 0.3) is 0 Å². The Morgan fingerprint density at radius 3 is 2.56 bits per heavy atom. The molecule has 1 amide bonds. The number of halogens is 1. The summed E-state index contributed by atoms with van der Waals surface area (Å²) in [5.41, 5.74) is 1.41. The first-order chi connectivity index (χ1) is 13.0. The molecule has 144 valence electrons. The van der Waals surface area contributed by atoms with Gasteiger partial charge in [-0.2, -0.15) is 0 Å². The number of carbonyl (C=O) groups is 1. The van der Waals surface area contributed by atoms with Crippen molar-refractivity contribution in [1.29, 1.82) is 0 Å². The van der Waals surface area contributed by atoms with Crippen LogP contribution in [0.5, 0.6) is 5.88 Å². The van der Waals surface area contributed by atoms with Gasteiger partial charge in [-0.1, -0.05) is 19.1 Å². The van der Waals surface area contributed by atoms with Crippen molar-refractivity contribution in [2.45, 2.75) is 38.5 Å². The summed E-state index contributed by atoms with van der Waals surface area (Å²) >= 11 is 0. The average Bonchev–Trinajstić information content (AvgIpc) is 2.69. The summed E-state index contributed by atoms with van der Waals surface area (Å²) in [4.78, 5) is 17.7. The van der Waals surface area contributed by atoms with Gasteiger partial charge in [0.1, 0.15) is 5.82 Å². The van der Waals surface area contributed by atoms with E-state index < -0.39 is 5.41 Å². The highest BCUT2D eigenvalue weighted by atomic mass is 19.1. The number of hydrogen-bond donors (Lipinski definition) is 1. The molecule has 2 heterocycles. The van der Waals surface area contributed by atoms with Gasteiger partial charge in [0.2, 0.25) is 11.8 Å². The predicted octanol–water partition coefficient (Wildman–Crippen LogP) is 4.00. The Kier molecular flexibility index (Phi) is 6.06. The summed E-state index contributed by atoms with van der Waals surface area (Å²) in [6.07, 6.45) is 2.00. The topological polar surface area (TPSA) is 60.5 Å². The molecular formula is C21H25FN2O3. The van der Waals surface area contributed by atoms with Crippen LogP contribution >= 0.6 is 0 Å². The molecule has 1 aliphatic heterocycles. The van der Waals surface area contributed by atoms with Crippen molar-refractivity contribution in [3.8, 4) is 5.88 Å². The van der Waals surface area contributed by atoms with Crippen LogP contribution in [0.2, 0.25) is 0 Å². The monoisotopic (exact) mass is 372 g/mol. The molecule has 1 aromatic carbocycles. The second kappa shape index (κ2) is 8.48. The fourth-order valence-electron chi connectivity index (χ4n) is 3.33. The number of rotatable bonds is 6. The molecule has 0 unspecified atom stereocenters. The molecule has 5 nitrogen and oxygen atoms in total. The fourth-order valence-corrected chi connectivity index (χ4v) is 3.33. The van der Waals surface area contributed by atoms with Crippen LogP contribution in [0, 0.1) is 12.7 Å². The molecule has 0 spiro atoms. The maximum absolute atomic E-state index is 13.4. The molecule has 1 aliphatic rings. The minimum absolute atomic E-state index is 0.121. The lowest BCUT2D eigenvalue weighted by Gasteiger charge is -2.36. The van der Waals surface area contributed by atoms with E-state index in [1.165, 1.54) is 12.1 Å². The zero-order valence-corrected chi connectivity index (χ0v) is 15.8. The van der Waals surface area contributed by atoms with Crippen LogP contribution in [-0.2, 0) is 14.9 Å². The lowest BCUT2D eigenvalue weighted by atomic mass is 9.73. The first-order valence-corrected chi connectivity index (χ1v) is 9.31. The molecule has 1 saturated heterocycles. The highest BCUT2D eigenvalue weighted by molar-refractivity contribution is 5.99. The quantitative estimate of drug-likeness (QED) is 0.832. The summed E-state index contributed by atoms with van der Waals surface area (Å²) in [5, 5.41) is 3.01. The smallest absolute Gasteiger partial charge is 0.235 e. The number of anilines is 1. The zero-order chi connectivity index (χ0) is 19.3. The zero-order valence-electron chi connectivity index (χ0n) is 15.8. The van der Waals surface area contributed by atoms with Crippen molar-refractivity contribution in [1.82, 2.24) is 4.98 Å². The average molecular weight is 372 g/mol. The van der Waals surface area contributed by atoms with Crippen molar-refractivity contribution in [3.63, 3.8) is 0 Å². The van der Waals surface area contributed by atoms with E-state index in [-0.39, 0.29) is 11.7 Å². The van der Waals surface area contributed by atoms with Gasteiger partial charge in [0.05, 0.1) is 23.4 Å². The molecule has 1 aromatic heterocycles. The Hall–Kier alpha value is -2.47. The van der Waals surface area contributed by atoms with Crippen molar-refractivity contribution in [2.75, 3.05) is 25.1 Å². The molecule has 1 fully saturated rings. The SMILES string of the molecule is CCCOc1ccc(NC(=O)C2(c3ccc(F)cc3)CCOCC2)c(C)n1. The van der Waals surface area contributed by atoms with Gasteiger partial charge in [-0.15, -0.1) is 0 Å². The molecule has 6 heteroatoms. The Bertz CT molecular complexity index is 787. The minimum Gasteiger partial charge on any atom is -0.478 e. The van der Waals surface area contributed by atoms with Crippen molar-refractivity contribution < 1.29 is 18.7 Å². The maximum atomic E-state index is 13.4. The fraction of sp³-hybridized carbons (Fsp3) is 0.429. The summed E-state index contributed by atoms with van der Waals surface area (Å²) < 4.78 is 24.4. The Morgan fingerprint density at radius 1 is 1.22 bits per heavy atom. The third-order valence-electron chi connectivity index (χ3n) is 4.94. The number of aryl methyl sites for hydroxylation is 1. The molecule has 0 aliphatic carbocycles. The summed E-state index contributed by atoms with van der Waals surface area (Å²) in [5.74, 6) is 0.111. The first kappa shape index (κ1) is 19.3. The minimum atomic E-state index is -0.740. The number of nitrogens with one attached hydrogen (secondary N) is 1. The first-order valence-electron chi connectivity index (χ1n) is 9.31. The number of hydrogen-bond acceptors (Lipinski definition) is 4. The van der Waals surface area contributed by atoms with E-state index in [9.17, 15) is 9.18 Å². The van der Waals surface area contributed by atoms with Crippen molar-refractivity contribution in [2.24, 2.45) is 0 Å². The summed E-state index contributed by atoms with van der Waals surface area (Å²) in [6, 6.07) is 9.73. The van der Waals surface area contributed by atoms with Gasteiger partial charge in [0, 0.05) is 19.3 Å². The molecule has 0 atom stereocenters. The number of benzene rings is 1. The van der Waals surface area contributed by atoms with E-state index in [1.54, 1.807) is 18.2 Å². The van der Waals surface area contributed by atoms with E-state index in [0.29, 0.717) is 49.9 Å². The number of aromatic nitrogens is 1. The third kappa shape index (κ3) is 4.27. The molecule has 3 rings (SSSR count). The Balaban J connectivity index is 1.84. The van der Waals surface area contributed by atoms with Gasteiger partial charge in [0.15, 0.2) is 0 Å².